The van der Waals surface area contributed by atoms with Crippen molar-refractivity contribution in [1.82, 2.24) is 19.1 Å². The van der Waals surface area contributed by atoms with E-state index < -0.39 is 15.9 Å². The second kappa shape index (κ2) is 10.3. The lowest BCUT2D eigenvalue weighted by atomic mass is 10.1. The molecule has 0 unspecified atom stereocenters. The summed E-state index contributed by atoms with van der Waals surface area (Å²) in [5.74, 6) is 0.149. The van der Waals surface area contributed by atoms with Gasteiger partial charge in [-0.2, -0.15) is 0 Å². The van der Waals surface area contributed by atoms with E-state index in [1.807, 2.05) is 25.1 Å². The largest absolute Gasteiger partial charge is 0.381 e. The lowest BCUT2D eigenvalue weighted by Gasteiger charge is -2.14. The maximum atomic E-state index is 12.6. The summed E-state index contributed by atoms with van der Waals surface area (Å²) < 4.78 is 27.7. The predicted octanol–water partition coefficient (Wildman–Crippen LogP) is 1.23. The molecule has 13 heteroatoms. The number of nitrogen functional groups attached to an aromatic ring is 1. The molecule has 4 rings (SSSR count). The van der Waals surface area contributed by atoms with Gasteiger partial charge in [0.05, 0.1) is 16.7 Å². The molecule has 3 aromatic rings. The predicted molar refractivity (Wildman–Crippen MR) is 134 cm³/mol. The van der Waals surface area contributed by atoms with Crippen LogP contribution >= 0.6 is 11.6 Å². The molecule has 0 bridgehead atoms. The number of aromatic nitrogens is 3. The number of anilines is 2. The molecule has 1 amide bonds. The highest BCUT2D eigenvalue weighted by Crippen LogP contribution is 2.23. The summed E-state index contributed by atoms with van der Waals surface area (Å²) in [7, 11) is -3.27. The molecule has 2 aromatic heterocycles. The van der Waals surface area contributed by atoms with Crippen molar-refractivity contribution in [2.75, 3.05) is 30.4 Å². The van der Waals surface area contributed by atoms with E-state index in [9.17, 15) is 18.0 Å². The molecule has 6 N–H and O–H groups in total. The van der Waals surface area contributed by atoms with Crippen LogP contribution in [0.15, 0.2) is 35.1 Å². The first kappa shape index (κ1) is 25.3. The van der Waals surface area contributed by atoms with E-state index in [0.29, 0.717) is 29.2 Å². The number of carbonyl (C=O) groups is 1. The van der Waals surface area contributed by atoms with Crippen molar-refractivity contribution in [3.63, 3.8) is 0 Å². The third kappa shape index (κ3) is 5.58. The van der Waals surface area contributed by atoms with Crippen molar-refractivity contribution < 1.29 is 13.2 Å². The van der Waals surface area contributed by atoms with Crippen molar-refractivity contribution in [2.45, 2.75) is 19.9 Å². The van der Waals surface area contributed by atoms with Gasteiger partial charge in [-0.1, -0.05) is 30.7 Å². The molecule has 0 spiro atoms. The number of halogens is 1. The number of fused-ring (bicyclic) bond motifs is 2. The standard InChI is InChI=1S/C14H17ClN2O3S.C7H9N5O/c1-3-11-9-10-5-4-6-12(15)13(10)14(18)17(11)8-7-16-21(2,19)20;8-5-4(6(9)13)7-10-2-1-3-12(7)11-5/h4-6,9,16H,3,7-8H2,1-2H3;1,3,10H,2H2,(H2,8,11)(H2,9,13). The molecule has 3 heterocycles. The SMILES string of the molecule is CCc1cc2cccc(Cl)c2c(=O)n1CCNS(C)(=O)=O.NC(=O)c1c(N)nn2c1NCC=C2. The normalized spacial score (nSPS) is 12.6. The monoisotopic (exact) mass is 507 g/mol. The molecule has 0 radical (unpaired) electrons. The van der Waals surface area contributed by atoms with Crippen LogP contribution in [0, 0.1) is 0 Å². The van der Waals surface area contributed by atoms with Gasteiger partial charge in [0.1, 0.15) is 11.4 Å². The molecule has 34 heavy (non-hydrogen) atoms. The fraction of sp³-hybridized carbons (Fsp3) is 0.286. The van der Waals surface area contributed by atoms with Gasteiger partial charge >= 0.3 is 0 Å². The number of amides is 1. The number of nitrogens with two attached hydrogens (primary N) is 2. The van der Waals surface area contributed by atoms with Crippen LogP contribution in [0.1, 0.15) is 23.0 Å². The summed E-state index contributed by atoms with van der Waals surface area (Å²) in [6.07, 6.45) is 5.36. The number of sulfonamides is 1. The number of aryl methyl sites for hydroxylation is 1. The third-order valence-electron chi connectivity index (χ3n) is 5.05. The Morgan fingerprint density at radius 3 is 2.74 bits per heavy atom. The number of rotatable bonds is 6. The van der Waals surface area contributed by atoms with Crippen LogP contribution in [0.25, 0.3) is 17.0 Å². The van der Waals surface area contributed by atoms with Crippen molar-refractivity contribution in [3.8, 4) is 0 Å². The second-order valence-electron chi connectivity index (χ2n) is 7.50. The highest BCUT2D eigenvalue weighted by Gasteiger charge is 2.20. The summed E-state index contributed by atoms with van der Waals surface area (Å²) in [6.45, 7) is 3.04. The Labute approximate surface area is 201 Å². The van der Waals surface area contributed by atoms with Gasteiger partial charge in [-0.25, -0.2) is 17.8 Å². The highest BCUT2D eigenvalue weighted by atomic mass is 35.5. The van der Waals surface area contributed by atoms with Crippen LogP contribution in [0.4, 0.5) is 11.6 Å². The molecule has 0 atom stereocenters. The summed E-state index contributed by atoms with van der Waals surface area (Å²) in [4.78, 5) is 23.6. The van der Waals surface area contributed by atoms with Crippen LogP contribution < -0.4 is 27.1 Å². The maximum absolute atomic E-state index is 12.6. The average Bonchev–Trinajstić information content (AvgIpc) is 3.10. The number of hydrogen-bond acceptors (Lipinski definition) is 7. The van der Waals surface area contributed by atoms with Gasteiger partial charge in [0.25, 0.3) is 11.5 Å². The van der Waals surface area contributed by atoms with Gasteiger partial charge in [-0.15, -0.1) is 5.10 Å². The van der Waals surface area contributed by atoms with Crippen molar-refractivity contribution in [3.05, 3.63) is 57.0 Å². The van der Waals surface area contributed by atoms with E-state index in [-0.39, 0.29) is 30.0 Å². The molecule has 1 aromatic carbocycles. The number of nitrogens with zero attached hydrogens (tertiary/aromatic N) is 3. The number of nitrogens with one attached hydrogen (secondary N) is 2. The minimum absolute atomic E-state index is 0.154. The quantitative estimate of drug-likeness (QED) is 0.389. The van der Waals surface area contributed by atoms with Gasteiger partial charge in [-0.05, 0) is 30.0 Å². The Hall–Kier alpha value is -3.35. The molecule has 0 saturated carbocycles. The second-order valence-corrected chi connectivity index (χ2v) is 9.74. The lowest BCUT2D eigenvalue weighted by Crippen LogP contribution is -2.31. The van der Waals surface area contributed by atoms with E-state index in [1.54, 1.807) is 22.9 Å². The summed E-state index contributed by atoms with van der Waals surface area (Å²) in [5, 5.41) is 8.56. The molecule has 1 aliphatic rings. The van der Waals surface area contributed by atoms with Crippen molar-refractivity contribution in [2.24, 2.45) is 5.73 Å². The minimum Gasteiger partial charge on any atom is -0.381 e. The van der Waals surface area contributed by atoms with Crippen LogP contribution in [-0.4, -0.2) is 48.0 Å². The molecule has 1 aliphatic heterocycles. The van der Waals surface area contributed by atoms with Crippen LogP contribution in [0.2, 0.25) is 5.02 Å². The molecule has 0 aliphatic carbocycles. The minimum atomic E-state index is -3.27. The van der Waals surface area contributed by atoms with Gasteiger partial charge in [0.15, 0.2) is 5.82 Å². The smallest absolute Gasteiger partial charge is 0.260 e. The number of hydrogen-bond donors (Lipinski definition) is 4. The molecule has 11 nitrogen and oxygen atoms in total. The molecule has 0 saturated heterocycles. The number of pyridine rings is 1. The fourth-order valence-electron chi connectivity index (χ4n) is 3.57. The number of carbonyl (C=O) groups excluding carboxylic acids is 1. The van der Waals surface area contributed by atoms with Crippen molar-refractivity contribution in [1.29, 1.82) is 0 Å². The van der Waals surface area contributed by atoms with Crippen LogP contribution in [-0.2, 0) is 23.0 Å². The molecular weight excluding hydrogens is 482 g/mol. The Kier molecular flexibility index (Phi) is 7.64. The Morgan fingerprint density at radius 1 is 1.35 bits per heavy atom. The van der Waals surface area contributed by atoms with Crippen molar-refractivity contribution >= 4 is 56.1 Å². The zero-order chi connectivity index (χ0) is 25.0. The fourth-order valence-corrected chi connectivity index (χ4v) is 4.30. The van der Waals surface area contributed by atoms with Crippen LogP contribution in [0.5, 0.6) is 0 Å². The molecule has 0 fully saturated rings. The highest BCUT2D eigenvalue weighted by molar-refractivity contribution is 7.88. The van der Waals surface area contributed by atoms with Gasteiger partial charge in [0.2, 0.25) is 10.0 Å². The summed E-state index contributed by atoms with van der Waals surface area (Å²) in [5.41, 5.74) is 11.6. The van der Waals surface area contributed by atoms with E-state index in [4.69, 9.17) is 23.1 Å². The summed E-state index contributed by atoms with van der Waals surface area (Å²) >= 11 is 6.11. The first-order chi connectivity index (χ1) is 16.0. The molecular formula is C21H26ClN7O4S. The zero-order valence-corrected chi connectivity index (χ0v) is 20.3. The van der Waals surface area contributed by atoms with Crippen LogP contribution in [0.3, 0.4) is 0 Å². The zero-order valence-electron chi connectivity index (χ0n) is 18.7. The first-order valence-electron chi connectivity index (χ1n) is 10.4. The molecule has 182 valence electrons. The third-order valence-corrected chi connectivity index (χ3v) is 6.10. The van der Waals surface area contributed by atoms with E-state index in [2.05, 4.69) is 15.1 Å². The average molecular weight is 508 g/mol. The number of benzene rings is 1. The first-order valence-corrected chi connectivity index (χ1v) is 12.6. The van der Waals surface area contributed by atoms with Gasteiger partial charge in [0, 0.05) is 31.5 Å². The lowest BCUT2D eigenvalue weighted by molar-refractivity contribution is 0.100. The maximum Gasteiger partial charge on any atom is 0.260 e. The topological polar surface area (TPSA) is 167 Å². The summed E-state index contributed by atoms with van der Waals surface area (Å²) in [6, 6.07) is 7.25. The van der Waals surface area contributed by atoms with E-state index >= 15 is 0 Å². The van der Waals surface area contributed by atoms with Gasteiger partial charge < -0.3 is 21.4 Å². The number of primary amides is 1. The Bertz CT molecular complexity index is 1430. The Balaban J connectivity index is 0.000000212. The van der Waals surface area contributed by atoms with E-state index in [1.165, 1.54) is 4.68 Å². The van der Waals surface area contributed by atoms with Gasteiger partial charge in [-0.3, -0.25) is 9.59 Å². The Morgan fingerprint density at radius 2 is 2.09 bits per heavy atom. The van der Waals surface area contributed by atoms with E-state index in [0.717, 1.165) is 17.3 Å².